The lowest BCUT2D eigenvalue weighted by Gasteiger charge is -2.35. The molecule has 0 spiro atoms. The molecule has 0 atom stereocenters. The molecule has 236 valence electrons. The van der Waals surface area contributed by atoms with Crippen LogP contribution in [-0.4, -0.2) is 151 Å². The first kappa shape index (κ1) is 33.9. The van der Waals surface area contributed by atoms with Gasteiger partial charge in [0, 0.05) is 0 Å². The third-order valence-electron chi connectivity index (χ3n) is 6.11. The van der Waals surface area contributed by atoms with Crippen LogP contribution in [0.1, 0.15) is 27.7 Å². The first-order valence-corrected chi connectivity index (χ1v) is 13.8. The molecule has 0 unspecified atom stereocenters. The van der Waals surface area contributed by atoms with Crippen LogP contribution in [0.3, 0.4) is 0 Å². The molecule has 0 aromatic heterocycles. The van der Waals surface area contributed by atoms with Crippen molar-refractivity contribution in [2.45, 2.75) is 75.9 Å². The van der Waals surface area contributed by atoms with Crippen molar-refractivity contribution in [3.63, 3.8) is 0 Å². The Labute approximate surface area is 236 Å². The van der Waals surface area contributed by atoms with Crippen LogP contribution in [0.15, 0.2) is 0 Å². The van der Waals surface area contributed by atoms with Crippen LogP contribution in [0.2, 0.25) is 0 Å². The summed E-state index contributed by atoms with van der Waals surface area (Å²) in [6.07, 6.45) is -1.93. The summed E-state index contributed by atoms with van der Waals surface area (Å²) in [7, 11) is 0. The number of hydrogen-bond donors (Lipinski definition) is 2. The number of aliphatic hydroxyl groups is 2. The standard InChI is InChI=1S/C15H28O7.C11H20O7/c1-14(2)19-7-12(8-20-14)17-5-11(16)6-18-13-9-21-15(3,4)22-10-13;12-9(1-17-10-3-13-7-14-4-10)2-18-11-5-15-8-16-6-11/h11-13,16H,5-10H2,1-4H3;9-12H,1-8H2. The SMILES string of the molecule is CC1(C)OCC(OCC(O)COC2COC(C)(C)OC2)CO1.OC(COC1COCOC1)COC1COCOC1. The first-order valence-electron chi connectivity index (χ1n) is 13.8. The van der Waals surface area contributed by atoms with E-state index >= 15 is 0 Å². The van der Waals surface area contributed by atoms with Crippen LogP contribution < -0.4 is 0 Å². The van der Waals surface area contributed by atoms with Gasteiger partial charge in [0.1, 0.15) is 50.2 Å². The van der Waals surface area contributed by atoms with Gasteiger partial charge in [-0.25, -0.2) is 0 Å². The molecule has 0 aliphatic carbocycles. The Balaban J connectivity index is 0.000000225. The van der Waals surface area contributed by atoms with Crippen LogP contribution >= 0.6 is 0 Å². The fourth-order valence-corrected chi connectivity index (χ4v) is 3.76. The molecule has 0 radical (unpaired) electrons. The lowest BCUT2D eigenvalue weighted by atomic mass is 10.3. The van der Waals surface area contributed by atoms with Crippen LogP contribution in [0, 0.1) is 0 Å². The van der Waals surface area contributed by atoms with E-state index in [2.05, 4.69) is 0 Å². The third kappa shape index (κ3) is 14.1. The van der Waals surface area contributed by atoms with Gasteiger partial charge in [0.05, 0.1) is 79.3 Å². The van der Waals surface area contributed by atoms with E-state index < -0.39 is 23.8 Å². The second-order valence-electron chi connectivity index (χ2n) is 10.9. The number of hydrogen-bond acceptors (Lipinski definition) is 14. The fourth-order valence-electron chi connectivity index (χ4n) is 3.76. The van der Waals surface area contributed by atoms with E-state index in [1.165, 1.54) is 0 Å². The smallest absolute Gasteiger partial charge is 0.163 e. The molecule has 4 saturated heterocycles. The zero-order valence-electron chi connectivity index (χ0n) is 24.2. The summed E-state index contributed by atoms with van der Waals surface area (Å²) in [4.78, 5) is 0. The van der Waals surface area contributed by atoms with Crippen LogP contribution in [0.5, 0.6) is 0 Å². The van der Waals surface area contributed by atoms with Crippen molar-refractivity contribution in [2.24, 2.45) is 0 Å². The molecule has 14 heteroatoms. The van der Waals surface area contributed by atoms with Gasteiger partial charge in [-0.05, 0) is 27.7 Å². The number of aliphatic hydroxyl groups excluding tert-OH is 2. The Morgan fingerprint density at radius 1 is 0.500 bits per heavy atom. The highest BCUT2D eigenvalue weighted by molar-refractivity contribution is 4.70. The minimum absolute atomic E-state index is 0.116. The Kier molecular flexibility index (Phi) is 14.9. The maximum Gasteiger partial charge on any atom is 0.163 e. The van der Waals surface area contributed by atoms with E-state index in [0.29, 0.717) is 66.4 Å². The maximum atomic E-state index is 9.90. The average Bonchev–Trinajstić information content (AvgIpc) is 2.95. The Morgan fingerprint density at radius 2 is 0.750 bits per heavy atom. The second-order valence-corrected chi connectivity index (χ2v) is 10.9. The van der Waals surface area contributed by atoms with E-state index in [-0.39, 0.29) is 50.8 Å². The van der Waals surface area contributed by atoms with Gasteiger partial charge >= 0.3 is 0 Å². The van der Waals surface area contributed by atoms with Crippen molar-refractivity contribution in [1.29, 1.82) is 0 Å². The predicted molar refractivity (Wildman–Crippen MR) is 136 cm³/mol. The molecule has 4 heterocycles. The summed E-state index contributed by atoms with van der Waals surface area (Å²) in [5, 5.41) is 19.6. The molecule has 2 N–H and O–H groups in total. The zero-order chi connectivity index (χ0) is 28.8. The normalized spacial score (nSPS) is 25.2. The summed E-state index contributed by atoms with van der Waals surface area (Å²) >= 11 is 0. The molecule has 4 aliphatic heterocycles. The monoisotopic (exact) mass is 584 g/mol. The summed E-state index contributed by atoms with van der Waals surface area (Å²) in [5.41, 5.74) is 0. The third-order valence-corrected chi connectivity index (χ3v) is 6.11. The number of ether oxygens (including phenoxy) is 12. The Morgan fingerprint density at radius 3 is 1.02 bits per heavy atom. The van der Waals surface area contributed by atoms with Gasteiger partial charge in [0.2, 0.25) is 0 Å². The fraction of sp³-hybridized carbons (Fsp3) is 1.00. The summed E-state index contributed by atoms with van der Waals surface area (Å²) in [6.45, 7) is 12.7. The highest BCUT2D eigenvalue weighted by atomic mass is 16.7. The molecule has 40 heavy (non-hydrogen) atoms. The highest BCUT2D eigenvalue weighted by Gasteiger charge is 2.31. The van der Waals surface area contributed by atoms with Gasteiger partial charge in [0.15, 0.2) is 11.6 Å². The zero-order valence-corrected chi connectivity index (χ0v) is 24.2. The minimum atomic E-state index is -0.704. The molecule has 0 amide bonds. The van der Waals surface area contributed by atoms with Crippen LogP contribution in [0.25, 0.3) is 0 Å². The highest BCUT2D eigenvalue weighted by Crippen LogP contribution is 2.20. The van der Waals surface area contributed by atoms with Crippen LogP contribution in [-0.2, 0) is 56.8 Å². The van der Waals surface area contributed by atoms with Gasteiger partial charge < -0.3 is 67.1 Å². The summed E-state index contributed by atoms with van der Waals surface area (Å²) < 4.78 is 64.3. The van der Waals surface area contributed by atoms with E-state index in [1.54, 1.807) is 0 Å². The van der Waals surface area contributed by atoms with Gasteiger partial charge in [-0.2, -0.15) is 0 Å². The topological polar surface area (TPSA) is 151 Å². The van der Waals surface area contributed by atoms with Crippen molar-refractivity contribution in [3.8, 4) is 0 Å². The van der Waals surface area contributed by atoms with Gasteiger partial charge in [-0.1, -0.05) is 0 Å². The van der Waals surface area contributed by atoms with Crippen LogP contribution in [0.4, 0.5) is 0 Å². The molecule has 0 bridgehead atoms. The molecular weight excluding hydrogens is 536 g/mol. The number of rotatable bonds is 12. The van der Waals surface area contributed by atoms with Crippen molar-refractivity contribution in [1.82, 2.24) is 0 Å². The Hall–Kier alpha value is -0.560. The van der Waals surface area contributed by atoms with Gasteiger partial charge in [-0.15, -0.1) is 0 Å². The maximum absolute atomic E-state index is 9.90. The average molecular weight is 585 g/mol. The lowest BCUT2D eigenvalue weighted by molar-refractivity contribution is -0.286. The Bertz CT molecular complexity index is 594. The van der Waals surface area contributed by atoms with E-state index in [0.717, 1.165) is 0 Å². The molecule has 4 aliphatic rings. The molecule has 0 saturated carbocycles. The van der Waals surface area contributed by atoms with Crippen molar-refractivity contribution < 1.29 is 67.1 Å². The molecule has 4 rings (SSSR count). The van der Waals surface area contributed by atoms with E-state index in [9.17, 15) is 10.2 Å². The van der Waals surface area contributed by atoms with Gasteiger partial charge in [-0.3, -0.25) is 0 Å². The first-order chi connectivity index (χ1) is 19.1. The predicted octanol–water partition coefficient (Wildman–Crippen LogP) is -0.190. The largest absolute Gasteiger partial charge is 0.388 e. The quantitative estimate of drug-likeness (QED) is 0.312. The van der Waals surface area contributed by atoms with E-state index in [1.807, 2.05) is 27.7 Å². The second kappa shape index (κ2) is 17.5. The van der Waals surface area contributed by atoms with Crippen molar-refractivity contribution in [2.75, 3.05) is 92.9 Å². The van der Waals surface area contributed by atoms with Gasteiger partial charge in [0.25, 0.3) is 0 Å². The van der Waals surface area contributed by atoms with Crippen molar-refractivity contribution in [3.05, 3.63) is 0 Å². The lowest BCUT2D eigenvalue weighted by Crippen LogP contribution is -2.45. The summed E-state index contributed by atoms with van der Waals surface area (Å²) in [5.74, 6) is -1.12. The minimum Gasteiger partial charge on any atom is -0.388 e. The molecule has 14 nitrogen and oxygen atoms in total. The summed E-state index contributed by atoms with van der Waals surface area (Å²) in [6, 6.07) is 0. The molecule has 0 aromatic carbocycles. The molecule has 0 aromatic rings. The van der Waals surface area contributed by atoms with E-state index in [4.69, 9.17) is 56.8 Å². The molecule has 4 fully saturated rings. The molecular formula is C26H48O14. The van der Waals surface area contributed by atoms with Crippen molar-refractivity contribution >= 4 is 0 Å².